The first-order valence-corrected chi connectivity index (χ1v) is 15.5. The van der Waals surface area contributed by atoms with Gasteiger partial charge in [-0.1, -0.05) is 13.8 Å². The summed E-state index contributed by atoms with van der Waals surface area (Å²) in [6.07, 6.45) is -4.72. The van der Waals surface area contributed by atoms with Gasteiger partial charge in [-0.2, -0.15) is 13.2 Å². The van der Waals surface area contributed by atoms with Gasteiger partial charge in [-0.15, -0.1) is 0 Å². The van der Waals surface area contributed by atoms with Crippen molar-refractivity contribution in [3.8, 4) is 17.2 Å². The molecule has 1 saturated heterocycles. The van der Waals surface area contributed by atoms with Crippen LogP contribution in [0, 0.1) is 17.1 Å². The van der Waals surface area contributed by atoms with Gasteiger partial charge in [0.25, 0.3) is 0 Å². The minimum absolute atomic E-state index is 0.0349. The van der Waals surface area contributed by atoms with E-state index in [1.54, 1.807) is 32.0 Å². The van der Waals surface area contributed by atoms with Gasteiger partial charge in [0.1, 0.15) is 11.6 Å². The number of carbonyl (C=O) groups excluding carboxylic acids is 3. The van der Waals surface area contributed by atoms with E-state index in [-0.39, 0.29) is 66.6 Å². The Morgan fingerprint density at radius 2 is 1.68 bits per heavy atom. The number of nitrogens with zero attached hydrogens (tertiary/aromatic N) is 2. The van der Waals surface area contributed by atoms with E-state index >= 15 is 4.39 Å². The van der Waals surface area contributed by atoms with Gasteiger partial charge in [-0.3, -0.25) is 15.0 Å². The van der Waals surface area contributed by atoms with E-state index in [2.05, 4.69) is 4.74 Å². The lowest BCUT2D eigenvalue weighted by molar-refractivity contribution is -0.202. The van der Waals surface area contributed by atoms with Gasteiger partial charge in [0.2, 0.25) is 0 Å². The molecule has 1 fully saturated rings. The number of Topliss-reactive ketones (excluding diaryl/α,β-unsaturated/α-hetero) is 1. The van der Waals surface area contributed by atoms with Crippen LogP contribution in [0.3, 0.4) is 0 Å². The number of amidine groups is 1. The number of fused-ring (bicyclic) bond motifs is 1. The molecule has 2 aromatic rings. The quantitative estimate of drug-likeness (QED) is 0.126. The molecule has 0 unspecified atom stereocenters. The molecule has 0 bridgehead atoms. The molecule has 2 aliphatic rings. The highest BCUT2D eigenvalue weighted by molar-refractivity contribution is 6.06. The fourth-order valence-corrected chi connectivity index (χ4v) is 5.92. The van der Waals surface area contributed by atoms with E-state index in [1.165, 1.54) is 12.0 Å². The number of carbonyl (C=O) groups is 3. The van der Waals surface area contributed by atoms with Gasteiger partial charge in [0.15, 0.2) is 23.1 Å². The zero-order valence-corrected chi connectivity index (χ0v) is 27.0. The fourth-order valence-electron chi connectivity index (χ4n) is 5.92. The lowest BCUT2D eigenvalue weighted by Gasteiger charge is -2.35. The van der Waals surface area contributed by atoms with Gasteiger partial charge in [0.05, 0.1) is 38.1 Å². The first-order valence-electron chi connectivity index (χ1n) is 15.5. The fraction of sp³-hybridized carbons (Fsp3) is 0.515. The largest absolute Gasteiger partial charge is 0.494 e. The molecule has 2 aromatic carbocycles. The first kappa shape index (κ1) is 35.5. The third-order valence-corrected chi connectivity index (χ3v) is 8.20. The Kier molecular flexibility index (Phi) is 11.0. The SMILES string of the molecule is CCOc1cc2c(c(F)c1OCC)C(=N)N(CC(=O)c1cc(C(C)C)c(OC)c(N3CCC(CC(=O)OC(=O)C(F)(F)F)CC3)c1)C2. The van der Waals surface area contributed by atoms with Crippen LogP contribution in [-0.4, -0.2) is 74.6 Å². The highest BCUT2D eigenvalue weighted by atomic mass is 19.4. The molecule has 2 heterocycles. The number of nitrogens with one attached hydrogen (secondary N) is 1. The second kappa shape index (κ2) is 14.6. The second-order valence-electron chi connectivity index (χ2n) is 11.7. The van der Waals surface area contributed by atoms with Crippen LogP contribution >= 0.6 is 0 Å². The highest BCUT2D eigenvalue weighted by Gasteiger charge is 2.42. The molecule has 14 heteroatoms. The Labute approximate surface area is 270 Å². The molecular formula is C33H39F4N3O7. The zero-order valence-electron chi connectivity index (χ0n) is 27.0. The molecular weight excluding hydrogens is 626 g/mol. The number of piperidine rings is 1. The van der Waals surface area contributed by atoms with Crippen molar-refractivity contribution in [3.05, 3.63) is 46.3 Å². The van der Waals surface area contributed by atoms with Crippen molar-refractivity contribution in [1.29, 1.82) is 5.41 Å². The van der Waals surface area contributed by atoms with E-state index in [0.29, 0.717) is 55.1 Å². The summed E-state index contributed by atoms with van der Waals surface area (Å²) < 4.78 is 73.7. The minimum atomic E-state index is -5.25. The summed E-state index contributed by atoms with van der Waals surface area (Å²) in [6.45, 7) is 8.66. The number of hydrogen-bond acceptors (Lipinski definition) is 9. The summed E-state index contributed by atoms with van der Waals surface area (Å²) in [7, 11) is 1.52. The molecule has 0 aromatic heterocycles. The maximum atomic E-state index is 15.6. The normalized spacial score (nSPS) is 15.1. The van der Waals surface area contributed by atoms with Crippen LogP contribution < -0.4 is 19.1 Å². The second-order valence-corrected chi connectivity index (χ2v) is 11.7. The number of benzene rings is 2. The van der Waals surface area contributed by atoms with Gasteiger partial charge in [-0.25, -0.2) is 9.18 Å². The van der Waals surface area contributed by atoms with Gasteiger partial charge >= 0.3 is 18.1 Å². The monoisotopic (exact) mass is 665 g/mol. The Balaban J connectivity index is 1.52. The molecule has 0 radical (unpaired) electrons. The molecule has 47 heavy (non-hydrogen) atoms. The van der Waals surface area contributed by atoms with Crippen molar-refractivity contribution < 1.29 is 50.9 Å². The van der Waals surface area contributed by atoms with E-state index in [4.69, 9.17) is 19.6 Å². The maximum absolute atomic E-state index is 15.6. The van der Waals surface area contributed by atoms with E-state index in [9.17, 15) is 27.6 Å². The average molecular weight is 666 g/mol. The highest BCUT2D eigenvalue weighted by Crippen LogP contribution is 2.41. The molecule has 1 N–H and O–H groups in total. The van der Waals surface area contributed by atoms with Crippen LogP contribution in [0.4, 0.5) is 23.2 Å². The van der Waals surface area contributed by atoms with E-state index in [0.717, 1.165) is 5.56 Å². The van der Waals surface area contributed by atoms with Gasteiger partial charge in [0, 0.05) is 31.6 Å². The van der Waals surface area contributed by atoms with Crippen LogP contribution in [0.5, 0.6) is 17.2 Å². The third-order valence-electron chi connectivity index (χ3n) is 8.20. The van der Waals surface area contributed by atoms with Crippen LogP contribution in [0.15, 0.2) is 18.2 Å². The molecule has 256 valence electrons. The van der Waals surface area contributed by atoms with Crippen molar-refractivity contribution in [1.82, 2.24) is 4.90 Å². The zero-order chi connectivity index (χ0) is 34.6. The number of rotatable bonds is 12. The molecule has 0 atom stereocenters. The molecule has 4 rings (SSSR count). The van der Waals surface area contributed by atoms with Crippen molar-refractivity contribution in [3.63, 3.8) is 0 Å². The summed E-state index contributed by atoms with van der Waals surface area (Å²) in [4.78, 5) is 40.2. The van der Waals surface area contributed by atoms with E-state index in [1.807, 2.05) is 18.7 Å². The standard InChI is InChI=1S/C33H39F4N3O7/c1-6-45-25-15-21-16-40(31(38)27(21)28(34)30(25)46-7-2)17-24(41)20-13-22(18(3)4)29(44-5)23(14-20)39-10-8-19(9-11-39)12-26(42)47-32(43)33(35,36)37/h13-15,18-19,38H,6-12,16-17H2,1-5H3. The topological polar surface area (TPSA) is 118 Å². The number of alkyl halides is 3. The smallest absolute Gasteiger partial charge is 0.491 e. The number of esters is 2. The molecule has 10 nitrogen and oxygen atoms in total. The van der Waals surface area contributed by atoms with Gasteiger partial charge < -0.3 is 28.7 Å². The lowest BCUT2D eigenvalue weighted by Crippen LogP contribution is -2.36. The Morgan fingerprint density at radius 1 is 1.02 bits per heavy atom. The molecule has 0 spiro atoms. The molecule has 0 amide bonds. The summed E-state index contributed by atoms with van der Waals surface area (Å²) in [6, 6.07) is 5.10. The summed E-state index contributed by atoms with van der Waals surface area (Å²) in [5.41, 5.74) is 2.37. The molecule has 0 saturated carbocycles. The maximum Gasteiger partial charge on any atom is 0.491 e. The van der Waals surface area contributed by atoms with Crippen molar-refractivity contribution in [2.45, 2.75) is 65.6 Å². The number of anilines is 1. The predicted molar refractivity (Wildman–Crippen MR) is 164 cm³/mol. The van der Waals surface area contributed by atoms with Crippen LogP contribution in [0.2, 0.25) is 0 Å². The summed E-state index contributed by atoms with van der Waals surface area (Å²) in [5.74, 6) is -4.48. The Hall–Kier alpha value is -4.36. The number of ether oxygens (including phenoxy) is 4. The van der Waals surface area contributed by atoms with Crippen molar-refractivity contribution in [2.75, 3.05) is 44.9 Å². The predicted octanol–water partition coefficient (Wildman–Crippen LogP) is 6.02. The summed E-state index contributed by atoms with van der Waals surface area (Å²) >= 11 is 0. The van der Waals surface area contributed by atoms with Crippen LogP contribution in [0.25, 0.3) is 0 Å². The lowest BCUT2D eigenvalue weighted by atomic mass is 9.91. The third kappa shape index (κ3) is 7.79. The first-order chi connectivity index (χ1) is 22.2. The van der Waals surface area contributed by atoms with Gasteiger partial charge in [-0.05, 0) is 67.9 Å². The minimum Gasteiger partial charge on any atom is -0.494 e. The summed E-state index contributed by atoms with van der Waals surface area (Å²) in [5, 5.41) is 8.70. The number of methoxy groups -OCH3 is 1. The van der Waals surface area contributed by atoms with Crippen molar-refractivity contribution in [2.24, 2.45) is 5.92 Å². The number of hydrogen-bond donors (Lipinski definition) is 1. The molecule has 2 aliphatic heterocycles. The molecule has 0 aliphatic carbocycles. The van der Waals surface area contributed by atoms with Crippen LogP contribution in [-0.2, 0) is 20.9 Å². The Morgan fingerprint density at radius 3 is 2.26 bits per heavy atom. The average Bonchev–Trinajstić information content (AvgIpc) is 3.32. The van der Waals surface area contributed by atoms with E-state index < -0.39 is 23.9 Å². The number of halogens is 4. The number of ketones is 1. The van der Waals surface area contributed by atoms with Crippen LogP contribution in [0.1, 0.15) is 79.9 Å². The Bertz CT molecular complexity index is 1540. The van der Waals surface area contributed by atoms with Crippen molar-refractivity contribution >= 4 is 29.2 Å².